The molecule has 0 aromatic rings. The van der Waals surface area contributed by atoms with Crippen LogP contribution in [0.15, 0.2) is 0 Å². The first kappa shape index (κ1) is 15.5. The fraction of sp³-hybridized carbons (Fsp3) is 0.929. The molecule has 2 atom stereocenters. The Morgan fingerprint density at radius 3 is 2.31 bits per heavy atom. The molecule has 0 aliphatic heterocycles. The van der Waals surface area contributed by atoms with Crippen LogP contribution in [0.1, 0.15) is 73.1 Å². The Hall–Kier alpha value is -0.530. The Morgan fingerprint density at radius 2 is 1.88 bits per heavy atom. The van der Waals surface area contributed by atoms with Crippen LogP contribution in [0.2, 0.25) is 0 Å². The van der Waals surface area contributed by atoms with E-state index in [1.54, 1.807) is 0 Å². The van der Waals surface area contributed by atoms with Crippen LogP contribution >= 0.6 is 0 Å². The first-order chi connectivity index (χ1) is 7.49. The summed E-state index contributed by atoms with van der Waals surface area (Å²) in [4.78, 5) is 11.9. The Morgan fingerprint density at radius 1 is 1.25 bits per heavy atom. The Kier molecular flexibility index (Phi) is 7.44. The molecule has 0 aliphatic rings. The minimum Gasteiger partial charge on any atom is -0.459 e. The average molecular weight is 228 g/mol. The van der Waals surface area contributed by atoms with Crippen LogP contribution in [-0.4, -0.2) is 11.6 Å². The summed E-state index contributed by atoms with van der Waals surface area (Å²) in [7, 11) is 0. The molecule has 0 aromatic heterocycles. The van der Waals surface area contributed by atoms with Gasteiger partial charge in [-0.25, -0.2) is 0 Å². The summed E-state index contributed by atoms with van der Waals surface area (Å²) in [6, 6.07) is 0. The number of carbonyl (C=O) groups is 1. The Balaban J connectivity index is 4.18. The quantitative estimate of drug-likeness (QED) is 0.578. The Labute approximate surface area is 101 Å². The van der Waals surface area contributed by atoms with Gasteiger partial charge in [0.1, 0.15) is 5.60 Å². The molecule has 0 spiro atoms. The molecule has 0 aromatic carbocycles. The lowest BCUT2D eigenvalue weighted by Crippen LogP contribution is -2.33. The Bertz CT molecular complexity index is 201. The highest BCUT2D eigenvalue weighted by Gasteiger charge is 2.27. The maximum atomic E-state index is 11.9. The molecule has 0 heterocycles. The highest BCUT2D eigenvalue weighted by molar-refractivity contribution is 5.72. The van der Waals surface area contributed by atoms with E-state index in [1.165, 1.54) is 0 Å². The summed E-state index contributed by atoms with van der Waals surface area (Å²) in [6.07, 6.45) is 6.09. The van der Waals surface area contributed by atoms with E-state index in [-0.39, 0.29) is 17.5 Å². The third-order valence-corrected chi connectivity index (χ3v) is 3.27. The van der Waals surface area contributed by atoms with Crippen molar-refractivity contribution < 1.29 is 9.53 Å². The smallest absolute Gasteiger partial charge is 0.309 e. The van der Waals surface area contributed by atoms with E-state index in [4.69, 9.17) is 4.74 Å². The zero-order valence-electron chi connectivity index (χ0n) is 11.6. The van der Waals surface area contributed by atoms with Gasteiger partial charge in [0, 0.05) is 0 Å². The molecule has 0 saturated carbocycles. The van der Waals surface area contributed by atoms with Gasteiger partial charge < -0.3 is 4.74 Å². The lowest BCUT2D eigenvalue weighted by Gasteiger charge is -2.29. The summed E-state index contributed by atoms with van der Waals surface area (Å²) >= 11 is 0. The fourth-order valence-corrected chi connectivity index (χ4v) is 1.80. The van der Waals surface area contributed by atoms with Crippen LogP contribution in [0, 0.1) is 5.92 Å². The molecule has 16 heavy (non-hydrogen) atoms. The van der Waals surface area contributed by atoms with E-state index < -0.39 is 0 Å². The molecule has 0 N–H and O–H groups in total. The van der Waals surface area contributed by atoms with Crippen molar-refractivity contribution in [3.8, 4) is 0 Å². The van der Waals surface area contributed by atoms with Gasteiger partial charge in [-0.3, -0.25) is 4.79 Å². The predicted molar refractivity (Wildman–Crippen MR) is 68.4 cm³/mol. The van der Waals surface area contributed by atoms with Gasteiger partial charge in [0.25, 0.3) is 0 Å². The first-order valence-electron chi connectivity index (χ1n) is 6.72. The standard InChI is InChI=1S/C14H28O2/c1-6-9-10-12(4)13(15)16-14(5,8-3)11-7-2/h12H,6-11H2,1-5H3. The molecule has 96 valence electrons. The van der Waals surface area contributed by atoms with Crippen LogP contribution in [0.3, 0.4) is 0 Å². The van der Waals surface area contributed by atoms with Gasteiger partial charge >= 0.3 is 5.97 Å². The minimum atomic E-state index is -0.258. The maximum absolute atomic E-state index is 11.9. The van der Waals surface area contributed by atoms with Gasteiger partial charge in [-0.1, -0.05) is 47.0 Å². The van der Waals surface area contributed by atoms with Crippen molar-refractivity contribution in [2.45, 2.75) is 78.7 Å². The summed E-state index contributed by atoms with van der Waals surface area (Å²) in [5, 5.41) is 0. The molecular formula is C14H28O2. The predicted octanol–water partition coefficient (Wildman–Crippen LogP) is 4.32. The second-order valence-corrected chi connectivity index (χ2v) is 5.02. The number of unbranched alkanes of at least 4 members (excludes halogenated alkanes) is 1. The van der Waals surface area contributed by atoms with Crippen molar-refractivity contribution in [1.82, 2.24) is 0 Å². The first-order valence-corrected chi connectivity index (χ1v) is 6.72. The zero-order chi connectivity index (χ0) is 12.6. The molecule has 2 nitrogen and oxygen atoms in total. The SMILES string of the molecule is CCCCC(C)C(=O)OC(C)(CC)CCC. The molecular weight excluding hydrogens is 200 g/mol. The molecule has 0 fully saturated rings. The third-order valence-electron chi connectivity index (χ3n) is 3.27. The minimum absolute atomic E-state index is 0.0220. The zero-order valence-corrected chi connectivity index (χ0v) is 11.6. The molecule has 0 saturated heterocycles. The van der Waals surface area contributed by atoms with Gasteiger partial charge in [0.2, 0.25) is 0 Å². The van der Waals surface area contributed by atoms with Crippen molar-refractivity contribution in [2.75, 3.05) is 0 Å². The van der Waals surface area contributed by atoms with Crippen molar-refractivity contribution in [2.24, 2.45) is 5.92 Å². The summed E-state index contributed by atoms with van der Waals surface area (Å²) in [5.41, 5.74) is -0.258. The van der Waals surface area contributed by atoms with Gasteiger partial charge in [0.15, 0.2) is 0 Å². The number of hydrogen-bond donors (Lipinski definition) is 0. The highest BCUT2D eigenvalue weighted by atomic mass is 16.6. The third kappa shape index (κ3) is 5.53. The number of ether oxygens (including phenoxy) is 1. The molecule has 2 heteroatoms. The maximum Gasteiger partial charge on any atom is 0.309 e. The molecule has 0 bridgehead atoms. The number of rotatable bonds is 8. The molecule has 2 unspecified atom stereocenters. The van der Waals surface area contributed by atoms with E-state index in [0.717, 1.165) is 38.5 Å². The van der Waals surface area contributed by atoms with Crippen LogP contribution < -0.4 is 0 Å². The largest absolute Gasteiger partial charge is 0.459 e. The fourth-order valence-electron chi connectivity index (χ4n) is 1.80. The average Bonchev–Trinajstić information content (AvgIpc) is 2.26. The number of hydrogen-bond acceptors (Lipinski definition) is 2. The normalized spacial score (nSPS) is 16.6. The van der Waals surface area contributed by atoms with Crippen molar-refractivity contribution in [1.29, 1.82) is 0 Å². The lowest BCUT2D eigenvalue weighted by atomic mass is 9.96. The van der Waals surface area contributed by atoms with Gasteiger partial charge in [-0.15, -0.1) is 0 Å². The summed E-state index contributed by atoms with van der Waals surface area (Å²) in [6.45, 7) is 10.4. The molecule has 0 aliphatic carbocycles. The number of esters is 1. The molecule has 0 amide bonds. The van der Waals surface area contributed by atoms with Crippen molar-refractivity contribution in [3.05, 3.63) is 0 Å². The molecule has 0 radical (unpaired) electrons. The molecule has 0 rings (SSSR count). The van der Waals surface area contributed by atoms with E-state index in [2.05, 4.69) is 20.8 Å². The summed E-state index contributed by atoms with van der Waals surface area (Å²) in [5.74, 6) is 0.0222. The second kappa shape index (κ2) is 7.70. The van der Waals surface area contributed by atoms with Crippen LogP contribution in [0.5, 0.6) is 0 Å². The topological polar surface area (TPSA) is 26.3 Å². The van der Waals surface area contributed by atoms with Gasteiger partial charge in [0.05, 0.1) is 5.92 Å². The number of carbonyl (C=O) groups excluding carboxylic acids is 1. The summed E-state index contributed by atoms with van der Waals surface area (Å²) < 4.78 is 5.65. The van der Waals surface area contributed by atoms with Crippen LogP contribution in [-0.2, 0) is 9.53 Å². The monoisotopic (exact) mass is 228 g/mol. The van der Waals surface area contributed by atoms with Crippen molar-refractivity contribution >= 4 is 5.97 Å². The van der Waals surface area contributed by atoms with Gasteiger partial charge in [-0.05, 0) is 26.2 Å². The van der Waals surface area contributed by atoms with E-state index >= 15 is 0 Å². The van der Waals surface area contributed by atoms with Crippen LogP contribution in [0.4, 0.5) is 0 Å². The highest BCUT2D eigenvalue weighted by Crippen LogP contribution is 2.24. The second-order valence-electron chi connectivity index (χ2n) is 5.02. The lowest BCUT2D eigenvalue weighted by molar-refractivity contribution is -0.164. The van der Waals surface area contributed by atoms with E-state index in [0.29, 0.717) is 0 Å². The van der Waals surface area contributed by atoms with Gasteiger partial charge in [-0.2, -0.15) is 0 Å². The van der Waals surface area contributed by atoms with Crippen LogP contribution in [0.25, 0.3) is 0 Å². The van der Waals surface area contributed by atoms with E-state index in [1.807, 2.05) is 13.8 Å². The van der Waals surface area contributed by atoms with E-state index in [9.17, 15) is 4.79 Å². The van der Waals surface area contributed by atoms with Crippen molar-refractivity contribution in [3.63, 3.8) is 0 Å².